The van der Waals surface area contributed by atoms with E-state index in [9.17, 15) is 13.2 Å². The van der Waals surface area contributed by atoms with Gasteiger partial charge in [0.2, 0.25) is 5.91 Å². The number of benzene rings is 2. The summed E-state index contributed by atoms with van der Waals surface area (Å²) in [4.78, 5) is 15.7. The van der Waals surface area contributed by atoms with E-state index in [1.54, 1.807) is 37.4 Å². The fourth-order valence-corrected chi connectivity index (χ4v) is 4.34. The van der Waals surface area contributed by atoms with Crippen molar-refractivity contribution in [2.75, 3.05) is 11.8 Å². The van der Waals surface area contributed by atoms with Gasteiger partial charge in [-0.15, -0.1) is 0 Å². The smallest absolute Gasteiger partial charge is 0.263 e. The Bertz CT molecular complexity index is 1100. The van der Waals surface area contributed by atoms with Crippen LogP contribution in [0.3, 0.4) is 0 Å². The number of primary amides is 1. The molecule has 0 atom stereocenters. The molecule has 3 N–H and O–H groups in total. The summed E-state index contributed by atoms with van der Waals surface area (Å²) in [5.74, 6) is -0.166. The third kappa shape index (κ3) is 4.29. The molecule has 144 valence electrons. The number of nitrogens with zero attached hydrogens (tertiary/aromatic N) is 1. The van der Waals surface area contributed by atoms with Crippen LogP contribution < -0.4 is 15.2 Å². The Labute approximate surface area is 163 Å². The number of carbonyl (C=O) groups excluding carboxylic acids is 1. The standard InChI is InChI=1S/C20H19N3O4S/c1-27-17-8-2-5-14(12-17)11-15-6-3-9-18(20(21)24)19(15)28(25,26)23-16-7-4-10-22-13-16/h2-10,12-13,23H,11H2,1H3,(H2,21,24). The number of sulfonamides is 1. The second kappa shape index (κ2) is 8.10. The SMILES string of the molecule is COc1cccc(Cc2cccc(C(N)=O)c2S(=O)(=O)Nc2cccnc2)c1. The van der Waals surface area contributed by atoms with Crippen molar-refractivity contribution in [2.45, 2.75) is 11.3 Å². The number of carbonyl (C=O) groups is 1. The van der Waals surface area contributed by atoms with Crippen molar-refractivity contribution >= 4 is 21.6 Å². The zero-order chi connectivity index (χ0) is 20.1. The molecule has 1 heterocycles. The quantitative estimate of drug-likeness (QED) is 0.636. The molecule has 0 aliphatic carbocycles. The number of hydrogen-bond donors (Lipinski definition) is 2. The van der Waals surface area contributed by atoms with Gasteiger partial charge in [0, 0.05) is 6.20 Å². The van der Waals surface area contributed by atoms with Gasteiger partial charge in [0.1, 0.15) is 10.6 Å². The van der Waals surface area contributed by atoms with Gasteiger partial charge in [0.15, 0.2) is 0 Å². The second-order valence-corrected chi connectivity index (χ2v) is 7.65. The minimum absolute atomic E-state index is 0.0724. The molecule has 0 saturated heterocycles. The van der Waals surface area contributed by atoms with Crippen molar-refractivity contribution < 1.29 is 17.9 Å². The third-order valence-electron chi connectivity index (χ3n) is 4.07. The van der Waals surface area contributed by atoms with Gasteiger partial charge >= 0.3 is 0 Å². The number of rotatable bonds is 7. The maximum absolute atomic E-state index is 13.1. The van der Waals surface area contributed by atoms with E-state index < -0.39 is 15.9 Å². The Kier molecular flexibility index (Phi) is 5.60. The summed E-state index contributed by atoms with van der Waals surface area (Å²) >= 11 is 0. The summed E-state index contributed by atoms with van der Waals surface area (Å²) in [6.07, 6.45) is 3.19. The van der Waals surface area contributed by atoms with E-state index in [1.807, 2.05) is 18.2 Å². The zero-order valence-corrected chi connectivity index (χ0v) is 15.9. The number of nitrogens with two attached hydrogens (primary N) is 1. The van der Waals surface area contributed by atoms with E-state index in [2.05, 4.69) is 9.71 Å². The molecule has 8 heteroatoms. The maximum atomic E-state index is 13.1. The zero-order valence-electron chi connectivity index (χ0n) is 15.1. The highest BCUT2D eigenvalue weighted by atomic mass is 32.2. The van der Waals surface area contributed by atoms with Gasteiger partial charge in [0.25, 0.3) is 10.0 Å². The lowest BCUT2D eigenvalue weighted by Gasteiger charge is -2.15. The highest BCUT2D eigenvalue weighted by molar-refractivity contribution is 7.92. The molecule has 7 nitrogen and oxygen atoms in total. The molecule has 28 heavy (non-hydrogen) atoms. The lowest BCUT2D eigenvalue weighted by Crippen LogP contribution is -2.22. The van der Waals surface area contributed by atoms with Crippen LogP contribution >= 0.6 is 0 Å². The summed E-state index contributed by atoms with van der Waals surface area (Å²) in [7, 11) is -2.52. The van der Waals surface area contributed by atoms with Crippen LogP contribution in [0.5, 0.6) is 5.75 Å². The molecule has 0 radical (unpaired) electrons. The minimum atomic E-state index is -4.08. The molecule has 0 aliphatic heterocycles. The van der Waals surface area contributed by atoms with Crippen LogP contribution in [0.4, 0.5) is 5.69 Å². The fourth-order valence-electron chi connectivity index (χ4n) is 2.87. The molecule has 0 aliphatic rings. The van der Waals surface area contributed by atoms with E-state index in [0.717, 1.165) is 5.56 Å². The van der Waals surface area contributed by atoms with Gasteiger partial charge in [-0.2, -0.15) is 0 Å². The van der Waals surface area contributed by atoms with Crippen LogP contribution in [0, 0.1) is 0 Å². The summed E-state index contributed by atoms with van der Waals surface area (Å²) in [6, 6.07) is 15.1. The van der Waals surface area contributed by atoms with Crippen LogP contribution in [0.15, 0.2) is 71.9 Å². The first-order valence-corrected chi connectivity index (χ1v) is 9.86. The second-order valence-electron chi connectivity index (χ2n) is 6.03. The average Bonchev–Trinajstić information content (AvgIpc) is 2.68. The van der Waals surface area contributed by atoms with Crippen molar-refractivity contribution in [3.63, 3.8) is 0 Å². The molecule has 1 aromatic heterocycles. The number of pyridine rings is 1. The first-order valence-electron chi connectivity index (χ1n) is 8.38. The van der Waals surface area contributed by atoms with E-state index in [0.29, 0.717) is 11.3 Å². The van der Waals surface area contributed by atoms with Crippen molar-refractivity contribution in [2.24, 2.45) is 5.73 Å². The van der Waals surface area contributed by atoms with E-state index >= 15 is 0 Å². The Balaban J connectivity index is 2.08. The minimum Gasteiger partial charge on any atom is -0.497 e. The molecule has 0 bridgehead atoms. The predicted molar refractivity (Wildman–Crippen MR) is 106 cm³/mol. The Morgan fingerprint density at radius 3 is 2.61 bits per heavy atom. The largest absolute Gasteiger partial charge is 0.497 e. The summed E-state index contributed by atoms with van der Waals surface area (Å²) in [5, 5.41) is 0. The molecule has 1 amide bonds. The Hall–Kier alpha value is -3.39. The van der Waals surface area contributed by atoms with Crippen molar-refractivity contribution in [1.29, 1.82) is 0 Å². The first kappa shape index (κ1) is 19.4. The monoisotopic (exact) mass is 397 g/mol. The van der Waals surface area contributed by atoms with Gasteiger partial charge in [-0.1, -0.05) is 24.3 Å². The molecule has 0 unspecified atom stereocenters. The number of nitrogens with one attached hydrogen (secondary N) is 1. The van der Waals surface area contributed by atoms with Gasteiger partial charge < -0.3 is 10.5 Å². The fraction of sp³-hybridized carbons (Fsp3) is 0.100. The summed E-state index contributed by atoms with van der Waals surface area (Å²) < 4.78 is 33.9. The normalized spacial score (nSPS) is 11.0. The summed E-state index contributed by atoms with van der Waals surface area (Å²) in [5.41, 5.74) is 6.94. The average molecular weight is 397 g/mol. The molecular weight excluding hydrogens is 378 g/mol. The van der Waals surface area contributed by atoms with Crippen molar-refractivity contribution in [1.82, 2.24) is 4.98 Å². The highest BCUT2D eigenvalue weighted by Gasteiger charge is 2.25. The van der Waals surface area contributed by atoms with Gasteiger partial charge in [-0.3, -0.25) is 14.5 Å². The maximum Gasteiger partial charge on any atom is 0.263 e. The predicted octanol–water partition coefficient (Wildman–Crippen LogP) is 2.58. The number of methoxy groups -OCH3 is 1. The number of amides is 1. The highest BCUT2D eigenvalue weighted by Crippen LogP contribution is 2.26. The van der Waals surface area contributed by atoms with Crippen molar-refractivity contribution in [3.05, 3.63) is 83.7 Å². The molecule has 2 aromatic carbocycles. The van der Waals surface area contributed by atoms with Crippen LogP contribution in [0.1, 0.15) is 21.5 Å². The lowest BCUT2D eigenvalue weighted by molar-refractivity contribution is 0.0997. The molecular formula is C20H19N3O4S. The van der Waals surface area contributed by atoms with Gasteiger partial charge in [0.05, 0.1) is 24.6 Å². The molecule has 0 saturated carbocycles. The van der Waals surface area contributed by atoms with Gasteiger partial charge in [-0.05, 0) is 47.9 Å². The van der Waals surface area contributed by atoms with Crippen LogP contribution in [-0.4, -0.2) is 26.4 Å². The molecule has 3 aromatic rings. The van der Waals surface area contributed by atoms with Crippen LogP contribution in [0.2, 0.25) is 0 Å². The number of ether oxygens (including phenoxy) is 1. The molecule has 0 spiro atoms. The van der Waals surface area contributed by atoms with Crippen LogP contribution in [0.25, 0.3) is 0 Å². The third-order valence-corrected chi connectivity index (χ3v) is 5.60. The van der Waals surface area contributed by atoms with E-state index in [1.165, 1.54) is 18.5 Å². The molecule has 0 fully saturated rings. The van der Waals surface area contributed by atoms with Crippen molar-refractivity contribution in [3.8, 4) is 5.75 Å². The number of aromatic nitrogens is 1. The summed E-state index contributed by atoms with van der Waals surface area (Å²) in [6.45, 7) is 0. The lowest BCUT2D eigenvalue weighted by atomic mass is 10.0. The topological polar surface area (TPSA) is 111 Å². The van der Waals surface area contributed by atoms with Gasteiger partial charge in [-0.25, -0.2) is 8.42 Å². The molecule has 3 rings (SSSR count). The van der Waals surface area contributed by atoms with E-state index in [4.69, 9.17) is 10.5 Å². The van der Waals surface area contributed by atoms with E-state index in [-0.39, 0.29) is 22.6 Å². The van der Waals surface area contributed by atoms with Crippen LogP contribution in [-0.2, 0) is 16.4 Å². The first-order chi connectivity index (χ1) is 13.4. The Morgan fingerprint density at radius 2 is 1.93 bits per heavy atom. The number of anilines is 1. The number of hydrogen-bond acceptors (Lipinski definition) is 5. The Morgan fingerprint density at radius 1 is 1.14 bits per heavy atom.